The van der Waals surface area contributed by atoms with E-state index in [1.54, 1.807) is 11.3 Å². The summed E-state index contributed by atoms with van der Waals surface area (Å²) in [5.74, 6) is 0. The van der Waals surface area contributed by atoms with Gasteiger partial charge >= 0.3 is 6.03 Å². The van der Waals surface area contributed by atoms with Crippen LogP contribution in [0.5, 0.6) is 0 Å². The quantitative estimate of drug-likeness (QED) is 0.651. The maximum absolute atomic E-state index is 13.1. The fourth-order valence-corrected chi connectivity index (χ4v) is 5.09. The lowest BCUT2D eigenvalue weighted by Crippen LogP contribution is -2.40. The third kappa shape index (κ3) is 3.44. The molecule has 0 radical (unpaired) electrons. The molecule has 1 aromatic heterocycles. The van der Waals surface area contributed by atoms with Crippen molar-refractivity contribution in [1.82, 2.24) is 15.2 Å². The Kier molecular flexibility index (Phi) is 4.87. The number of rotatable bonds is 3. The van der Waals surface area contributed by atoms with Gasteiger partial charge in [-0.2, -0.15) is 0 Å². The Morgan fingerprint density at radius 1 is 1.22 bits per heavy atom. The van der Waals surface area contributed by atoms with Crippen molar-refractivity contribution < 1.29 is 4.79 Å². The van der Waals surface area contributed by atoms with E-state index in [9.17, 15) is 4.79 Å². The predicted molar refractivity (Wildman–Crippen MR) is 111 cm³/mol. The number of aromatic nitrogens is 1. The summed E-state index contributed by atoms with van der Waals surface area (Å²) < 4.78 is 0. The predicted octanol–water partition coefficient (Wildman–Crippen LogP) is 5.52. The third-order valence-corrected chi connectivity index (χ3v) is 6.62. The van der Waals surface area contributed by atoms with Crippen LogP contribution in [0.4, 0.5) is 4.79 Å². The van der Waals surface area contributed by atoms with E-state index >= 15 is 0 Å². The number of thiazole rings is 1. The lowest BCUT2D eigenvalue weighted by molar-refractivity contribution is 0.190. The van der Waals surface area contributed by atoms with E-state index in [0.29, 0.717) is 0 Å². The minimum absolute atomic E-state index is 0.0170. The second-order valence-corrected chi connectivity index (χ2v) is 8.51. The van der Waals surface area contributed by atoms with Gasteiger partial charge < -0.3 is 10.2 Å². The number of amides is 2. The lowest BCUT2D eigenvalue weighted by atomic mass is 9.97. The van der Waals surface area contributed by atoms with Crippen molar-refractivity contribution in [3.05, 3.63) is 63.6 Å². The molecule has 27 heavy (non-hydrogen) atoms. The highest BCUT2D eigenvalue weighted by Gasteiger charge is 2.32. The molecule has 1 aliphatic heterocycles. The average molecular weight is 380 g/mol. The number of carbonyl (C=O) groups is 1. The summed E-state index contributed by atoms with van der Waals surface area (Å²) in [5.41, 5.74) is 2.26. The summed E-state index contributed by atoms with van der Waals surface area (Å²) in [5, 5.41) is 6.71. The van der Waals surface area contributed by atoms with Gasteiger partial charge in [0.05, 0.1) is 22.8 Å². The lowest BCUT2D eigenvalue weighted by Gasteiger charge is -2.28. The molecule has 1 aliphatic rings. The number of nitrogens with zero attached hydrogens (tertiary/aromatic N) is 2. The van der Waals surface area contributed by atoms with Gasteiger partial charge in [-0.15, -0.1) is 11.3 Å². The summed E-state index contributed by atoms with van der Waals surface area (Å²) in [4.78, 5) is 20.7. The molecule has 1 N–H and O–H groups in total. The molecule has 0 bridgehead atoms. The number of fused-ring (bicyclic) bond motifs is 1. The van der Waals surface area contributed by atoms with Gasteiger partial charge in [0.15, 0.2) is 0 Å². The smallest absolute Gasteiger partial charge is 0.318 e. The Labute approximate surface area is 164 Å². The molecule has 3 aromatic rings. The largest absolute Gasteiger partial charge is 0.331 e. The highest BCUT2D eigenvalue weighted by Crippen LogP contribution is 2.36. The number of carbonyl (C=O) groups excluding carboxylic acids is 1. The Morgan fingerprint density at radius 3 is 2.78 bits per heavy atom. The molecule has 1 saturated heterocycles. The first kappa shape index (κ1) is 18.0. The molecule has 1 fully saturated rings. The Hall–Kier alpha value is -2.40. The molecule has 2 atom stereocenters. The van der Waals surface area contributed by atoms with Gasteiger partial charge in [0.25, 0.3) is 0 Å². The van der Waals surface area contributed by atoms with Crippen LogP contribution >= 0.6 is 11.3 Å². The Balaban J connectivity index is 1.57. The third-order valence-electron chi connectivity index (χ3n) is 5.37. The van der Waals surface area contributed by atoms with E-state index in [-0.39, 0.29) is 18.1 Å². The van der Waals surface area contributed by atoms with Crippen molar-refractivity contribution in [1.29, 1.82) is 0 Å². The van der Waals surface area contributed by atoms with Crippen LogP contribution in [0, 0.1) is 13.8 Å². The standard InChI is InChI=1S/C22H25N3OS/c1-14-21(27-16(3)23-14)15(2)24-22(26)25-13-7-12-20(25)19-11-6-9-17-8-4-5-10-18(17)19/h4-6,8-11,15,20H,7,12-13H2,1-3H3,(H,24,26)/t15-,20-/m0/s1. The molecule has 0 spiro atoms. The van der Waals surface area contributed by atoms with Crippen LogP contribution < -0.4 is 5.32 Å². The molecule has 5 heteroatoms. The molecule has 2 heterocycles. The second-order valence-electron chi connectivity index (χ2n) is 7.27. The fraction of sp³-hybridized carbons (Fsp3) is 0.364. The summed E-state index contributed by atoms with van der Waals surface area (Å²) >= 11 is 1.66. The second kappa shape index (κ2) is 7.31. The molecular formula is C22H25N3OS. The molecule has 4 rings (SSSR count). The summed E-state index contributed by atoms with van der Waals surface area (Å²) in [6, 6.07) is 14.9. The van der Waals surface area contributed by atoms with Gasteiger partial charge in [0.2, 0.25) is 0 Å². The van der Waals surface area contributed by atoms with Crippen LogP contribution in [-0.4, -0.2) is 22.5 Å². The minimum atomic E-state index is -0.0301. The monoisotopic (exact) mass is 379 g/mol. The van der Waals surface area contributed by atoms with Crippen molar-refractivity contribution in [3.63, 3.8) is 0 Å². The highest BCUT2D eigenvalue weighted by atomic mass is 32.1. The molecular weight excluding hydrogens is 354 g/mol. The molecule has 0 aliphatic carbocycles. The maximum atomic E-state index is 13.1. The zero-order chi connectivity index (χ0) is 19.0. The molecule has 2 amide bonds. The van der Waals surface area contributed by atoms with Gasteiger partial charge in [-0.3, -0.25) is 0 Å². The van der Waals surface area contributed by atoms with E-state index in [4.69, 9.17) is 0 Å². The molecule has 0 unspecified atom stereocenters. The van der Waals surface area contributed by atoms with Crippen LogP contribution in [0.2, 0.25) is 0 Å². The number of hydrogen-bond acceptors (Lipinski definition) is 3. The first-order valence-electron chi connectivity index (χ1n) is 9.53. The van der Waals surface area contributed by atoms with E-state index < -0.39 is 0 Å². The van der Waals surface area contributed by atoms with E-state index in [2.05, 4.69) is 52.8 Å². The number of aryl methyl sites for hydroxylation is 2. The van der Waals surface area contributed by atoms with Crippen molar-refractivity contribution in [2.45, 2.75) is 45.7 Å². The maximum Gasteiger partial charge on any atom is 0.318 e. The Morgan fingerprint density at radius 2 is 2.00 bits per heavy atom. The molecule has 4 nitrogen and oxygen atoms in total. The SMILES string of the molecule is Cc1nc(C)c([C@H](C)NC(=O)N2CCC[C@H]2c2cccc3ccccc23)s1. The van der Waals surface area contributed by atoms with Crippen molar-refractivity contribution >= 4 is 28.1 Å². The number of hydrogen-bond donors (Lipinski definition) is 1. The van der Waals surface area contributed by atoms with Gasteiger partial charge in [0, 0.05) is 11.4 Å². The van der Waals surface area contributed by atoms with E-state index in [1.807, 2.05) is 25.7 Å². The molecule has 2 aromatic carbocycles. The van der Waals surface area contributed by atoms with Crippen LogP contribution in [-0.2, 0) is 0 Å². The zero-order valence-electron chi connectivity index (χ0n) is 16.0. The van der Waals surface area contributed by atoms with E-state index in [0.717, 1.165) is 35.0 Å². The molecule has 140 valence electrons. The summed E-state index contributed by atoms with van der Waals surface area (Å²) in [6.45, 7) is 6.86. The molecule has 0 saturated carbocycles. The normalized spacial score (nSPS) is 18.0. The topological polar surface area (TPSA) is 45.2 Å². The van der Waals surface area contributed by atoms with Gasteiger partial charge in [-0.1, -0.05) is 42.5 Å². The first-order chi connectivity index (χ1) is 13.0. The minimum Gasteiger partial charge on any atom is -0.331 e. The Bertz CT molecular complexity index is 975. The number of urea groups is 1. The zero-order valence-corrected chi connectivity index (χ0v) is 16.8. The van der Waals surface area contributed by atoms with Gasteiger partial charge in [-0.25, -0.2) is 9.78 Å². The van der Waals surface area contributed by atoms with Crippen LogP contribution in [0.1, 0.15) is 53.0 Å². The average Bonchev–Trinajstić information content (AvgIpc) is 3.27. The first-order valence-corrected chi connectivity index (χ1v) is 10.3. The number of benzene rings is 2. The number of likely N-dealkylation sites (tertiary alicyclic amines) is 1. The van der Waals surface area contributed by atoms with Crippen molar-refractivity contribution in [2.24, 2.45) is 0 Å². The fourth-order valence-electron chi connectivity index (χ4n) is 4.16. The number of nitrogens with one attached hydrogen (secondary N) is 1. The summed E-state index contributed by atoms with van der Waals surface area (Å²) in [7, 11) is 0. The van der Waals surface area contributed by atoms with Crippen molar-refractivity contribution in [3.8, 4) is 0 Å². The van der Waals surface area contributed by atoms with E-state index in [1.165, 1.54) is 16.3 Å². The van der Waals surface area contributed by atoms with Gasteiger partial charge in [-0.05, 0) is 49.9 Å². The van der Waals surface area contributed by atoms with Crippen molar-refractivity contribution in [2.75, 3.05) is 6.54 Å². The van der Waals surface area contributed by atoms with Gasteiger partial charge in [0.1, 0.15) is 0 Å². The highest BCUT2D eigenvalue weighted by molar-refractivity contribution is 7.11. The van der Waals surface area contributed by atoms with Crippen LogP contribution in [0.3, 0.4) is 0 Å². The van der Waals surface area contributed by atoms with Crippen LogP contribution in [0.15, 0.2) is 42.5 Å². The van der Waals surface area contributed by atoms with Crippen LogP contribution in [0.25, 0.3) is 10.8 Å². The summed E-state index contributed by atoms with van der Waals surface area (Å²) in [6.07, 6.45) is 2.04.